The van der Waals surface area contributed by atoms with Crippen molar-refractivity contribution in [2.24, 2.45) is 0 Å². The molecule has 6 heteroatoms. The fourth-order valence-electron chi connectivity index (χ4n) is 2.04. The molecule has 0 fully saturated rings. The molecule has 0 aromatic heterocycles. The second-order valence-corrected chi connectivity index (χ2v) is 4.92. The Morgan fingerprint density at radius 3 is 2.62 bits per heavy atom. The lowest BCUT2D eigenvalue weighted by atomic mass is 10.1. The minimum absolute atomic E-state index is 0.0560. The molecule has 0 amide bonds. The molecule has 110 valence electrons. The van der Waals surface area contributed by atoms with Crippen molar-refractivity contribution in [2.75, 3.05) is 19.0 Å². The van der Waals surface area contributed by atoms with Crippen molar-refractivity contribution < 1.29 is 9.66 Å². The van der Waals surface area contributed by atoms with Crippen LogP contribution in [0.5, 0.6) is 0 Å². The Bertz CT molecular complexity index is 620. The largest absolute Gasteiger partial charge is 0.382 e. The second kappa shape index (κ2) is 7.06. The number of benzene rings is 2. The predicted octanol–water partition coefficient (Wildman–Crippen LogP) is 4.05. The first-order valence-electron chi connectivity index (χ1n) is 6.36. The molecule has 0 bridgehead atoms. The molecule has 0 aliphatic heterocycles. The van der Waals surface area contributed by atoms with Gasteiger partial charge in [0.25, 0.3) is 5.69 Å². The Balaban J connectivity index is 2.31. The Hall–Kier alpha value is -2.11. The minimum atomic E-state index is -0.455. The molecule has 0 aliphatic carbocycles. The van der Waals surface area contributed by atoms with Gasteiger partial charge in [-0.15, -0.1) is 0 Å². The summed E-state index contributed by atoms with van der Waals surface area (Å²) in [6.07, 6.45) is 0. The first-order chi connectivity index (χ1) is 10.1. The molecule has 0 heterocycles. The van der Waals surface area contributed by atoms with E-state index >= 15 is 0 Å². The van der Waals surface area contributed by atoms with Gasteiger partial charge in [0.2, 0.25) is 0 Å². The van der Waals surface area contributed by atoms with Gasteiger partial charge in [0.05, 0.1) is 17.6 Å². The highest BCUT2D eigenvalue weighted by Gasteiger charge is 2.18. The lowest BCUT2D eigenvalue weighted by Crippen LogP contribution is -2.17. The van der Waals surface area contributed by atoms with Crippen LogP contribution in [0.15, 0.2) is 48.5 Å². The summed E-state index contributed by atoms with van der Waals surface area (Å²) < 4.78 is 5.20. The first-order valence-corrected chi connectivity index (χ1v) is 6.74. The molecule has 0 saturated carbocycles. The van der Waals surface area contributed by atoms with Crippen LogP contribution in [0.2, 0.25) is 5.02 Å². The number of methoxy groups -OCH3 is 1. The zero-order valence-electron chi connectivity index (χ0n) is 11.5. The second-order valence-electron chi connectivity index (χ2n) is 4.48. The van der Waals surface area contributed by atoms with Crippen LogP contribution in [-0.4, -0.2) is 18.6 Å². The summed E-state index contributed by atoms with van der Waals surface area (Å²) in [7, 11) is 1.59. The van der Waals surface area contributed by atoms with E-state index in [-0.39, 0.29) is 11.7 Å². The number of nitrogens with zero attached hydrogens (tertiary/aromatic N) is 1. The van der Waals surface area contributed by atoms with Crippen LogP contribution in [0.25, 0.3) is 0 Å². The van der Waals surface area contributed by atoms with E-state index in [0.29, 0.717) is 17.3 Å². The monoisotopic (exact) mass is 306 g/mol. The summed E-state index contributed by atoms with van der Waals surface area (Å²) in [5.74, 6) is 0. The van der Waals surface area contributed by atoms with Crippen LogP contribution < -0.4 is 5.32 Å². The quantitative estimate of drug-likeness (QED) is 0.646. The molecule has 2 aromatic rings. The summed E-state index contributed by atoms with van der Waals surface area (Å²) in [6, 6.07) is 14.0. The van der Waals surface area contributed by atoms with Crippen LogP contribution in [0.4, 0.5) is 11.4 Å². The number of anilines is 1. The molecule has 2 rings (SSSR count). The van der Waals surface area contributed by atoms with E-state index < -0.39 is 4.92 Å². The number of ether oxygens (including phenoxy) is 1. The van der Waals surface area contributed by atoms with Crippen LogP contribution in [0.1, 0.15) is 11.6 Å². The number of nitrogens with one attached hydrogen (secondary N) is 1. The van der Waals surface area contributed by atoms with Crippen molar-refractivity contribution in [3.63, 3.8) is 0 Å². The number of hydrogen-bond donors (Lipinski definition) is 1. The summed E-state index contributed by atoms with van der Waals surface area (Å²) in [4.78, 5) is 10.7. The molecule has 0 saturated heterocycles. The SMILES string of the molecule is COCC(Nc1ccc(Cl)cc1[N+](=O)[O-])c1ccccc1. The van der Waals surface area contributed by atoms with E-state index in [2.05, 4.69) is 5.32 Å². The van der Waals surface area contributed by atoms with Gasteiger partial charge in [0.1, 0.15) is 5.69 Å². The van der Waals surface area contributed by atoms with Crippen molar-refractivity contribution in [2.45, 2.75) is 6.04 Å². The fraction of sp³-hybridized carbons (Fsp3) is 0.200. The van der Waals surface area contributed by atoms with Gasteiger partial charge in [-0.25, -0.2) is 0 Å². The molecule has 0 radical (unpaired) electrons. The van der Waals surface area contributed by atoms with Crippen molar-refractivity contribution >= 4 is 23.0 Å². The van der Waals surface area contributed by atoms with Crippen LogP contribution >= 0.6 is 11.6 Å². The van der Waals surface area contributed by atoms with Gasteiger partial charge in [0.15, 0.2) is 0 Å². The van der Waals surface area contributed by atoms with Gasteiger partial charge in [-0.05, 0) is 17.7 Å². The van der Waals surface area contributed by atoms with Crippen LogP contribution in [0.3, 0.4) is 0 Å². The lowest BCUT2D eigenvalue weighted by Gasteiger charge is -2.19. The van der Waals surface area contributed by atoms with E-state index in [4.69, 9.17) is 16.3 Å². The smallest absolute Gasteiger partial charge is 0.293 e. The minimum Gasteiger partial charge on any atom is -0.382 e. The zero-order valence-corrected chi connectivity index (χ0v) is 12.2. The third kappa shape index (κ3) is 3.93. The lowest BCUT2D eigenvalue weighted by molar-refractivity contribution is -0.384. The zero-order chi connectivity index (χ0) is 15.2. The highest BCUT2D eigenvalue weighted by Crippen LogP contribution is 2.30. The van der Waals surface area contributed by atoms with E-state index in [0.717, 1.165) is 5.56 Å². The molecule has 1 N–H and O–H groups in total. The first kappa shape index (κ1) is 15.3. The maximum Gasteiger partial charge on any atom is 0.293 e. The average Bonchev–Trinajstić information content (AvgIpc) is 2.49. The van der Waals surface area contributed by atoms with Gasteiger partial charge in [-0.2, -0.15) is 0 Å². The van der Waals surface area contributed by atoms with E-state index in [1.807, 2.05) is 30.3 Å². The van der Waals surface area contributed by atoms with Crippen LogP contribution in [-0.2, 0) is 4.74 Å². The summed E-state index contributed by atoms with van der Waals surface area (Å²) in [6.45, 7) is 0.393. The molecular weight excluding hydrogens is 292 g/mol. The van der Waals surface area contributed by atoms with Crippen LogP contribution in [0, 0.1) is 10.1 Å². The topological polar surface area (TPSA) is 64.4 Å². The van der Waals surface area contributed by atoms with Gasteiger partial charge < -0.3 is 10.1 Å². The number of nitro benzene ring substituents is 1. The normalized spacial score (nSPS) is 11.9. The Labute approximate surface area is 127 Å². The third-order valence-corrected chi connectivity index (χ3v) is 3.26. The fourth-order valence-corrected chi connectivity index (χ4v) is 2.21. The van der Waals surface area contributed by atoms with Gasteiger partial charge in [-0.1, -0.05) is 41.9 Å². The van der Waals surface area contributed by atoms with Crippen molar-refractivity contribution in [1.29, 1.82) is 0 Å². The predicted molar refractivity (Wildman–Crippen MR) is 82.8 cm³/mol. The van der Waals surface area contributed by atoms with Gasteiger partial charge in [0, 0.05) is 18.2 Å². The Morgan fingerprint density at radius 1 is 1.29 bits per heavy atom. The Kier molecular flexibility index (Phi) is 5.14. The summed E-state index contributed by atoms with van der Waals surface area (Å²) >= 11 is 5.82. The van der Waals surface area contributed by atoms with E-state index in [1.165, 1.54) is 6.07 Å². The number of halogens is 1. The maximum atomic E-state index is 11.1. The molecule has 5 nitrogen and oxygen atoms in total. The highest BCUT2D eigenvalue weighted by molar-refractivity contribution is 6.30. The molecule has 1 atom stereocenters. The maximum absolute atomic E-state index is 11.1. The summed E-state index contributed by atoms with van der Waals surface area (Å²) in [5.41, 5.74) is 1.35. The average molecular weight is 307 g/mol. The van der Waals surface area contributed by atoms with Gasteiger partial charge in [-0.3, -0.25) is 10.1 Å². The van der Waals surface area contributed by atoms with E-state index in [9.17, 15) is 10.1 Å². The number of rotatable bonds is 6. The molecule has 1 unspecified atom stereocenters. The van der Waals surface area contributed by atoms with E-state index in [1.54, 1.807) is 19.2 Å². The molecule has 21 heavy (non-hydrogen) atoms. The number of hydrogen-bond acceptors (Lipinski definition) is 4. The van der Waals surface area contributed by atoms with Gasteiger partial charge >= 0.3 is 0 Å². The number of nitro groups is 1. The molecule has 0 aliphatic rings. The van der Waals surface area contributed by atoms with Crippen molar-refractivity contribution in [1.82, 2.24) is 0 Å². The molecule has 2 aromatic carbocycles. The third-order valence-electron chi connectivity index (χ3n) is 3.02. The van der Waals surface area contributed by atoms with Crippen molar-refractivity contribution in [3.05, 3.63) is 69.2 Å². The highest BCUT2D eigenvalue weighted by atomic mass is 35.5. The van der Waals surface area contributed by atoms with Crippen molar-refractivity contribution in [3.8, 4) is 0 Å². The Morgan fingerprint density at radius 2 is 2.00 bits per heavy atom. The standard InChI is InChI=1S/C15H15ClN2O3/c1-21-10-14(11-5-3-2-4-6-11)17-13-8-7-12(16)9-15(13)18(19)20/h2-9,14,17H,10H2,1H3. The summed E-state index contributed by atoms with van der Waals surface area (Å²) in [5, 5.41) is 14.6. The molecular formula is C15H15ClN2O3. The molecule has 0 spiro atoms.